The van der Waals surface area contributed by atoms with E-state index in [4.69, 9.17) is 10.8 Å². The molecular formula is C16H18N2O2. The number of nitrogens with two attached hydrogens (primary N) is 1. The fourth-order valence-corrected chi connectivity index (χ4v) is 2.01. The number of hydrogen-bond acceptors (Lipinski definition) is 3. The lowest BCUT2D eigenvalue weighted by Gasteiger charge is -2.10. The third-order valence-electron chi connectivity index (χ3n) is 3.25. The second-order valence-corrected chi connectivity index (χ2v) is 4.83. The Morgan fingerprint density at radius 1 is 1.15 bits per heavy atom. The highest BCUT2D eigenvalue weighted by atomic mass is 16.3. The molecule has 0 spiro atoms. The number of benzene rings is 2. The fourth-order valence-electron chi connectivity index (χ4n) is 2.01. The predicted octanol–water partition coefficient (Wildman–Crippen LogP) is 2.63. The van der Waals surface area contributed by atoms with Crippen molar-refractivity contribution in [3.63, 3.8) is 0 Å². The van der Waals surface area contributed by atoms with Crippen molar-refractivity contribution in [3.8, 4) is 0 Å². The molecule has 1 amide bonds. The molecule has 0 fully saturated rings. The number of anilines is 2. The largest absolute Gasteiger partial charge is 0.398 e. The highest BCUT2D eigenvalue weighted by Crippen LogP contribution is 2.19. The molecule has 0 aliphatic carbocycles. The van der Waals surface area contributed by atoms with Gasteiger partial charge in [-0.3, -0.25) is 4.79 Å². The molecule has 4 heteroatoms. The van der Waals surface area contributed by atoms with Crippen molar-refractivity contribution in [2.24, 2.45) is 0 Å². The second kappa shape index (κ2) is 5.75. The van der Waals surface area contributed by atoms with Crippen molar-refractivity contribution in [3.05, 3.63) is 58.7 Å². The maximum Gasteiger partial charge on any atom is 0.256 e. The highest BCUT2D eigenvalue weighted by Gasteiger charge is 2.11. The molecule has 0 aliphatic heterocycles. The lowest BCUT2D eigenvalue weighted by Crippen LogP contribution is -2.14. The van der Waals surface area contributed by atoms with Crippen LogP contribution in [0.15, 0.2) is 36.4 Å². The summed E-state index contributed by atoms with van der Waals surface area (Å²) in [5, 5.41) is 11.8. The van der Waals surface area contributed by atoms with Crippen molar-refractivity contribution in [1.29, 1.82) is 0 Å². The van der Waals surface area contributed by atoms with Gasteiger partial charge in [0, 0.05) is 16.9 Å². The molecular weight excluding hydrogens is 252 g/mol. The van der Waals surface area contributed by atoms with Crippen LogP contribution in [0.25, 0.3) is 0 Å². The monoisotopic (exact) mass is 270 g/mol. The number of nitrogen functional groups attached to an aromatic ring is 1. The normalized spacial score (nSPS) is 10.3. The Hall–Kier alpha value is -2.33. The number of rotatable bonds is 3. The number of carbonyl (C=O) groups is 1. The summed E-state index contributed by atoms with van der Waals surface area (Å²) in [7, 11) is 0. The van der Waals surface area contributed by atoms with Crippen molar-refractivity contribution >= 4 is 17.3 Å². The average molecular weight is 270 g/mol. The predicted molar refractivity (Wildman–Crippen MR) is 80.6 cm³/mol. The van der Waals surface area contributed by atoms with Gasteiger partial charge in [0.2, 0.25) is 0 Å². The zero-order valence-corrected chi connectivity index (χ0v) is 11.6. The second-order valence-electron chi connectivity index (χ2n) is 4.83. The number of amides is 1. The Balaban J connectivity index is 2.21. The first-order valence-corrected chi connectivity index (χ1v) is 6.39. The van der Waals surface area contributed by atoms with E-state index in [0.717, 1.165) is 16.7 Å². The van der Waals surface area contributed by atoms with Crippen LogP contribution in [-0.4, -0.2) is 11.0 Å². The zero-order valence-electron chi connectivity index (χ0n) is 11.6. The van der Waals surface area contributed by atoms with E-state index in [-0.39, 0.29) is 12.5 Å². The number of aryl methyl sites for hydroxylation is 2. The van der Waals surface area contributed by atoms with Crippen LogP contribution < -0.4 is 11.1 Å². The maximum atomic E-state index is 12.2. The van der Waals surface area contributed by atoms with E-state index < -0.39 is 0 Å². The molecule has 2 aromatic rings. The molecule has 104 valence electrons. The van der Waals surface area contributed by atoms with Gasteiger partial charge in [-0.15, -0.1) is 0 Å². The molecule has 0 atom stereocenters. The minimum atomic E-state index is -0.189. The minimum absolute atomic E-state index is 0.0121. The average Bonchev–Trinajstić information content (AvgIpc) is 2.43. The van der Waals surface area contributed by atoms with Gasteiger partial charge in [-0.25, -0.2) is 0 Å². The fraction of sp³-hybridized carbons (Fsp3) is 0.188. The topological polar surface area (TPSA) is 75.3 Å². The van der Waals surface area contributed by atoms with Crippen LogP contribution in [0.3, 0.4) is 0 Å². The Kier molecular flexibility index (Phi) is 4.05. The maximum absolute atomic E-state index is 12.2. The molecule has 0 aliphatic rings. The number of nitrogens with one attached hydrogen (secondary N) is 1. The van der Waals surface area contributed by atoms with Crippen LogP contribution in [0, 0.1) is 13.8 Å². The van der Waals surface area contributed by atoms with Crippen molar-refractivity contribution in [2.45, 2.75) is 20.5 Å². The van der Waals surface area contributed by atoms with E-state index >= 15 is 0 Å². The minimum Gasteiger partial charge on any atom is -0.398 e. The Bertz CT molecular complexity index is 634. The van der Waals surface area contributed by atoms with Crippen LogP contribution in [0.2, 0.25) is 0 Å². The number of aliphatic hydroxyl groups is 1. The highest BCUT2D eigenvalue weighted by molar-refractivity contribution is 6.05. The first kappa shape index (κ1) is 14.1. The van der Waals surface area contributed by atoms with Gasteiger partial charge in [0.05, 0.1) is 6.61 Å². The molecule has 0 heterocycles. The molecule has 0 aromatic heterocycles. The Morgan fingerprint density at radius 2 is 1.80 bits per heavy atom. The van der Waals surface area contributed by atoms with E-state index in [1.807, 2.05) is 19.9 Å². The molecule has 0 unspecified atom stereocenters. The smallest absolute Gasteiger partial charge is 0.256 e. The van der Waals surface area contributed by atoms with Gasteiger partial charge >= 0.3 is 0 Å². The van der Waals surface area contributed by atoms with Crippen LogP contribution in [-0.2, 0) is 6.61 Å². The Labute approximate surface area is 118 Å². The molecule has 4 nitrogen and oxygen atoms in total. The van der Waals surface area contributed by atoms with Crippen molar-refractivity contribution in [2.75, 3.05) is 11.1 Å². The summed E-state index contributed by atoms with van der Waals surface area (Å²) in [6.45, 7) is 3.79. The Morgan fingerprint density at radius 3 is 2.40 bits per heavy atom. The van der Waals surface area contributed by atoms with Crippen LogP contribution in [0.1, 0.15) is 27.0 Å². The summed E-state index contributed by atoms with van der Waals surface area (Å²) in [6.07, 6.45) is 0. The van der Waals surface area contributed by atoms with Gasteiger partial charge in [-0.05, 0) is 48.7 Å². The van der Waals surface area contributed by atoms with Gasteiger partial charge < -0.3 is 16.2 Å². The van der Waals surface area contributed by atoms with E-state index in [0.29, 0.717) is 16.9 Å². The summed E-state index contributed by atoms with van der Waals surface area (Å²) in [5.41, 5.74) is 10.4. The van der Waals surface area contributed by atoms with E-state index in [1.165, 1.54) is 0 Å². The first-order valence-electron chi connectivity index (χ1n) is 6.39. The summed E-state index contributed by atoms with van der Waals surface area (Å²) >= 11 is 0. The van der Waals surface area contributed by atoms with Crippen LogP contribution in [0.5, 0.6) is 0 Å². The molecule has 20 heavy (non-hydrogen) atoms. The van der Waals surface area contributed by atoms with E-state index in [9.17, 15) is 4.79 Å². The van der Waals surface area contributed by atoms with Crippen LogP contribution >= 0.6 is 0 Å². The molecule has 0 bridgehead atoms. The summed E-state index contributed by atoms with van der Waals surface area (Å²) in [6, 6.07) is 10.7. The van der Waals surface area contributed by atoms with Gasteiger partial charge in [0.1, 0.15) is 0 Å². The summed E-state index contributed by atoms with van der Waals surface area (Å²) in [5.74, 6) is -0.189. The van der Waals surface area contributed by atoms with Crippen LogP contribution in [0.4, 0.5) is 11.4 Å². The third-order valence-corrected chi connectivity index (χ3v) is 3.25. The van der Waals surface area contributed by atoms with E-state index in [1.54, 1.807) is 30.3 Å². The summed E-state index contributed by atoms with van der Waals surface area (Å²) < 4.78 is 0. The number of hydrogen-bond donors (Lipinski definition) is 3. The van der Waals surface area contributed by atoms with Crippen molar-refractivity contribution < 1.29 is 9.90 Å². The van der Waals surface area contributed by atoms with E-state index in [2.05, 4.69) is 5.32 Å². The molecule has 0 saturated heterocycles. The van der Waals surface area contributed by atoms with Gasteiger partial charge in [0.15, 0.2) is 0 Å². The van der Waals surface area contributed by atoms with Gasteiger partial charge in [-0.1, -0.05) is 18.2 Å². The third kappa shape index (κ3) is 2.97. The lowest BCUT2D eigenvalue weighted by atomic mass is 10.0. The molecule has 4 N–H and O–H groups in total. The lowest BCUT2D eigenvalue weighted by molar-refractivity contribution is 0.102. The van der Waals surface area contributed by atoms with Gasteiger partial charge in [-0.2, -0.15) is 0 Å². The number of aliphatic hydroxyl groups excluding tert-OH is 1. The molecule has 0 saturated carbocycles. The first-order chi connectivity index (χ1) is 9.51. The quantitative estimate of drug-likeness (QED) is 0.750. The van der Waals surface area contributed by atoms with Crippen molar-refractivity contribution in [1.82, 2.24) is 0 Å². The zero-order chi connectivity index (χ0) is 14.7. The number of carbonyl (C=O) groups excluding carboxylic acids is 1. The standard InChI is InChI=1S/C16H18N2O2/c1-10-7-11(2)15(17)8-14(10)16(20)18-13-5-3-12(9-19)4-6-13/h3-8,19H,9,17H2,1-2H3,(H,18,20). The molecule has 2 rings (SSSR count). The molecule has 0 radical (unpaired) electrons. The SMILES string of the molecule is Cc1cc(C)c(C(=O)Nc2ccc(CO)cc2)cc1N. The van der Waals surface area contributed by atoms with Gasteiger partial charge in [0.25, 0.3) is 5.91 Å². The summed E-state index contributed by atoms with van der Waals surface area (Å²) in [4.78, 5) is 12.2. The molecule has 2 aromatic carbocycles.